The molecule has 1 aromatic heterocycles. The molecule has 0 unspecified atom stereocenters. The van der Waals surface area contributed by atoms with Gasteiger partial charge in [-0.05, 0) is 29.8 Å². The SMILES string of the molecule is COc1ccccc1-n1c(O)c(Cc2ccc(O)cc2)[nH]c1=O. The number of rotatable bonds is 4. The lowest BCUT2D eigenvalue weighted by molar-refractivity contribution is 0.404. The molecule has 2 aromatic carbocycles. The van der Waals surface area contributed by atoms with Crippen molar-refractivity contribution >= 4 is 0 Å². The number of benzene rings is 2. The Labute approximate surface area is 132 Å². The average molecular weight is 312 g/mol. The van der Waals surface area contributed by atoms with E-state index in [2.05, 4.69) is 4.98 Å². The highest BCUT2D eigenvalue weighted by Crippen LogP contribution is 2.27. The van der Waals surface area contributed by atoms with Gasteiger partial charge in [0, 0.05) is 6.42 Å². The largest absolute Gasteiger partial charge is 0.508 e. The van der Waals surface area contributed by atoms with Crippen molar-refractivity contribution in [2.45, 2.75) is 6.42 Å². The molecule has 6 nitrogen and oxygen atoms in total. The van der Waals surface area contributed by atoms with Crippen LogP contribution in [-0.2, 0) is 6.42 Å². The van der Waals surface area contributed by atoms with E-state index in [-0.39, 0.29) is 11.6 Å². The van der Waals surface area contributed by atoms with Crippen LogP contribution in [0.15, 0.2) is 53.3 Å². The molecule has 0 aliphatic rings. The lowest BCUT2D eigenvalue weighted by Gasteiger charge is -2.09. The van der Waals surface area contributed by atoms with Crippen LogP contribution in [-0.4, -0.2) is 26.9 Å². The molecule has 6 heteroatoms. The Morgan fingerprint density at radius 3 is 2.48 bits per heavy atom. The Hall–Kier alpha value is -3.15. The highest BCUT2D eigenvalue weighted by Gasteiger charge is 2.17. The summed E-state index contributed by atoms with van der Waals surface area (Å²) in [5.41, 5.74) is 1.27. The van der Waals surface area contributed by atoms with Crippen molar-refractivity contribution in [2.24, 2.45) is 0 Å². The van der Waals surface area contributed by atoms with E-state index in [9.17, 15) is 15.0 Å². The van der Waals surface area contributed by atoms with Crippen LogP contribution in [0.2, 0.25) is 0 Å². The van der Waals surface area contributed by atoms with Gasteiger partial charge in [0.2, 0.25) is 5.88 Å². The van der Waals surface area contributed by atoms with Crippen LogP contribution in [0.3, 0.4) is 0 Å². The molecule has 0 saturated heterocycles. The molecule has 23 heavy (non-hydrogen) atoms. The second kappa shape index (κ2) is 5.92. The van der Waals surface area contributed by atoms with Gasteiger partial charge in [0.1, 0.15) is 11.5 Å². The molecule has 1 heterocycles. The summed E-state index contributed by atoms with van der Waals surface area (Å²) in [4.78, 5) is 14.9. The third-order valence-corrected chi connectivity index (χ3v) is 3.59. The Balaban J connectivity index is 2.03. The van der Waals surface area contributed by atoms with Crippen LogP contribution in [0, 0.1) is 0 Å². The first kappa shape index (κ1) is 14.8. The van der Waals surface area contributed by atoms with E-state index >= 15 is 0 Å². The number of phenols is 1. The van der Waals surface area contributed by atoms with Crippen molar-refractivity contribution in [1.82, 2.24) is 9.55 Å². The number of hydrogen-bond acceptors (Lipinski definition) is 4. The minimum absolute atomic E-state index is 0.160. The summed E-state index contributed by atoms with van der Waals surface area (Å²) in [6.45, 7) is 0. The molecule has 0 atom stereocenters. The predicted molar refractivity (Wildman–Crippen MR) is 85.5 cm³/mol. The minimum atomic E-state index is -0.444. The molecule has 3 rings (SSSR count). The first-order valence-corrected chi connectivity index (χ1v) is 7.04. The fraction of sp³-hybridized carbons (Fsp3) is 0.118. The number of phenolic OH excluding ortho intramolecular Hbond substituents is 1. The van der Waals surface area contributed by atoms with Gasteiger partial charge >= 0.3 is 5.69 Å². The molecule has 118 valence electrons. The van der Waals surface area contributed by atoms with E-state index < -0.39 is 5.69 Å². The molecule has 0 spiro atoms. The zero-order chi connectivity index (χ0) is 16.4. The van der Waals surface area contributed by atoms with Crippen molar-refractivity contribution in [3.63, 3.8) is 0 Å². The van der Waals surface area contributed by atoms with Gasteiger partial charge in [-0.15, -0.1) is 0 Å². The maximum atomic E-state index is 12.2. The number of imidazole rings is 1. The van der Waals surface area contributed by atoms with Crippen LogP contribution >= 0.6 is 0 Å². The molecule has 0 radical (unpaired) electrons. The summed E-state index contributed by atoms with van der Waals surface area (Å²) in [5.74, 6) is 0.491. The second-order valence-corrected chi connectivity index (χ2v) is 5.08. The van der Waals surface area contributed by atoms with Gasteiger partial charge in [-0.2, -0.15) is 0 Å². The van der Waals surface area contributed by atoms with Gasteiger partial charge in [0.05, 0.1) is 18.5 Å². The van der Waals surface area contributed by atoms with Crippen LogP contribution in [0.5, 0.6) is 17.4 Å². The highest BCUT2D eigenvalue weighted by atomic mass is 16.5. The van der Waals surface area contributed by atoms with Gasteiger partial charge in [-0.3, -0.25) is 0 Å². The van der Waals surface area contributed by atoms with Crippen molar-refractivity contribution in [3.05, 3.63) is 70.3 Å². The lowest BCUT2D eigenvalue weighted by atomic mass is 10.1. The summed E-state index contributed by atoms with van der Waals surface area (Å²) >= 11 is 0. The van der Waals surface area contributed by atoms with Gasteiger partial charge in [-0.25, -0.2) is 9.36 Å². The number of H-pyrrole nitrogens is 1. The zero-order valence-electron chi connectivity index (χ0n) is 12.5. The number of aromatic amines is 1. The number of ether oxygens (including phenoxy) is 1. The molecule has 0 fully saturated rings. The van der Waals surface area contributed by atoms with Gasteiger partial charge in [0.25, 0.3) is 0 Å². The number of aromatic nitrogens is 2. The van der Waals surface area contributed by atoms with Crippen LogP contribution in [0.1, 0.15) is 11.3 Å². The van der Waals surface area contributed by atoms with E-state index in [1.54, 1.807) is 48.5 Å². The fourth-order valence-electron chi connectivity index (χ4n) is 2.45. The molecule has 3 aromatic rings. The fourth-order valence-corrected chi connectivity index (χ4v) is 2.45. The Bertz CT molecular complexity index is 878. The topological polar surface area (TPSA) is 87.5 Å². The molecular formula is C17H16N2O4. The third-order valence-electron chi connectivity index (χ3n) is 3.59. The van der Waals surface area contributed by atoms with Crippen LogP contribution in [0.4, 0.5) is 0 Å². The summed E-state index contributed by atoms with van der Waals surface area (Å²) in [7, 11) is 1.50. The summed E-state index contributed by atoms with van der Waals surface area (Å²) in [6.07, 6.45) is 0.337. The van der Waals surface area contributed by atoms with Gasteiger partial charge in [0.15, 0.2) is 0 Å². The molecule has 0 amide bonds. The number of para-hydroxylation sites is 2. The number of hydrogen-bond donors (Lipinski definition) is 3. The molecule has 0 saturated carbocycles. The number of nitrogens with one attached hydrogen (secondary N) is 1. The van der Waals surface area contributed by atoms with E-state index in [0.29, 0.717) is 23.6 Å². The average Bonchev–Trinajstić information content (AvgIpc) is 2.83. The van der Waals surface area contributed by atoms with Crippen molar-refractivity contribution in [1.29, 1.82) is 0 Å². The smallest absolute Gasteiger partial charge is 0.333 e. The molecule has 0 aliphatic carbocycles. The maximum Gasteiger partial charge on any atom is 0.333 e. The Morgan fingerprint density at radius 2 is 1.78 bits per heavy atom. The Kier molecular flexibility index (Phi) is 3.80. The van der Waals surface area contributed by atoms with Crippen molar-refractivity contribution in [3.8, 4) is 23.1 Å². The van der Waals surface area contributed by atoms with Gasteiger partial charge in [-0.1, -0.05) is 24.3 Å². The zero-order valence-corrected chi connectivity index (χ0v) is 12.5. The monoisotopic (exact) mass is 312 g/mol. The summed E-state index contributed by atoms with van der Waals surface area (Å²) in [5, 5.41) is 19.7. The normalized spacial score (nSPS) is 10.7. The lowest BCUT2D eigenvalue weighted by Crippen LogP contribution is -2.15. The van der Waals surface area contributed by atoms with E-state index in [0.717, 1.165) is 5.56 Å². The number of methoxy groups -OCH3 is 1. The summed E-state index contributed by atoms with van der Waals surface area (Å²) < 4.78 is 6.41. The molecule has 3 N–H and O–H groups in total. The highest BCUT2D eigenvalue weighted by molar-refractivity contribution is 5.49. The maximum absolute atomic E-state index is 12.2. The summed E-state index contributed by atoms with van der Waals surface area (Å²) in [6, 6.07) is 13.5. The van der Waals surface area contributed by atoms with E-state index in [4.69, 9.17) is 4.74 Å². The first-order chi connectivity index (χ1) is 11.1. The minimum Gasteiger partial charge on any atom is -0.508 e. The standard InChI is InChI=1S/C17H16N2O4/c1-23-15-5-3-2-4-14(15)19-16(21)13(18-17(19)22)10-11-6-8-12(20)9-7-11/h2-9,20-21H,10H2,1H3,(H,18,22). The van der Waals surface area contributed by atoms with Gasteiger partial charge < -0.3 is 19.9 Å². The molecular weight excluding hydrogens is 296 g/mol. The second-order valence-electron chi connectivity index (χ2n) is 5.08. The van der Waals surface area contributed by atoms with Crippen molar-refractivity contribution < 1.29 is 14.9 Å². The van der Waals surface area contributed by atoms with E-state index in [1.165, 1.54) is 11.7 Å². The third kappa shape index (κ3) is 2.78. The molecule has 0 aliphatic heterocycles. The van der Waals surface area contributed by atoms with Crippen LogP contribution in [0.25, 0.3) is 5.69 Å². The van der Waals surface area contributed by atoms with E-state index in [1.807, 2.05) is 0 Å². The number of nitrogens with zero attached hydrogens (tertiary/aromatic N) is 1. The quantitative estimate of drug-likeness (QED) is 0.689. The number of aromatic hydroxyl groups is 2. The first-order valence-electron chi connectivity index (χ1n) is 7.04. The predicted octanol–water partition coefficient (Wildman–Crippen LogP) is 2.18. The Morgan fingerprint density at radius 1 is 1.09 bits per heavy atom. The van der Waals surface area contributed by atoms with Crippen LogP contribution < -0.4 is 10.4 Å². The molecule has 0 bridgehead atoms. The van der Waals surface area contributed by atoms with Crippen molar-refractivity contribution in [2.75, 3.05) is 7.11 Å².